The number of hydrogen-bond donors (Lipinski definition) is 3. The van der Waals surface area contributed by atoms with E-state index in [1.165, 1.54) is 0 Å². The van der Waals surface area contributed by atoms with E-state index in [1.54, 1.807) is 0 Å². The topological polar surface area (TPSA) is 78.8 Å². The van der Waals surface area contributed by atoms with E-state index in [-0.39, 0.29) is 27.3 Å². The first-order chi connectivity index (χ1) is 6.91. The minimum absolute atomic E-state index is 0.0852. The van der Waals surface area contributed by atoms with Gasteiger partial charge >= 0.3 is 0 Å². The number of halogens is 4. The van der Waals surface area contributed by atoms with E-state index in [1.807, 2.05) is 0 Å². The number of nitrogens with one attached hydrogen (secondary N) is 1. The van der Waals surface area contributed by atoms with Crippen molar-refractivity contribution in [2.24, 2.45) is 0 Å². The molecule has 0 spiro atoms. The van der Waals surface area contributed by atoms with Gasteiger partial charge in [0.15, 0.2) is 0 Å². The van der Waals surface area contributed by atoms with Gasteiger partial charge in [-0.25, -0.2) is 0 Å². The lowest BCUT2D eigenvalue weighted by Gasteiger charge is -2.26. The molecule has 0 radical (unpaired) electrons. The molecule has 0 heterocycles. The van der Waals surface area contributed by atoms with Crippen molar-refractivity contribution in [3.63, 3.8) is 0 Å². The summed E-state index contributed by atoms with van der Waals surface area (Å²) in [4.78, 5) is 0. The second kappa shape index (κ2) is 7.56. The highest BCUT2D eigenvalue weighted by Gasteiger charge is 2.12. The lowest BCUT2D eigenvalue weighted by Crippen LogP contribution is -2.21. The zero-order valence-electron chi connectivity index (χ0n) is 7.18. The van der Waals surface area contributed by atoms with Crippen LogP contribution < -0.4 is 5.32 Å². The van der Waals surface area contributed by atoms with Crippen LogP contribution >= 0.6 is 50.7 Å². The second-order valence-electron chi connectivity index (χ2n) is 2.16. The zero-order valence-corrected chi connectivity index (χ0v) is 11.0. The molecule has 5 nitrogen and oxygen atoms in total. The number of rotatable bonds is 5. The van der Waals surface area contributed by atoms with Gasteiger partial charge in [0.2, 0.25) is 0 Å². The van der Waals surface area contributed by atoms with Gasteiger partial charge in [0.1, 0.15) is 14.8 Å². The Hall–Kier alpha value is 0.310. The first-order valence-corrected chi connectivity index (χ1v) is 5.46. The van der Waals surface area contributed by atoms with Gasteiger partial charge in [-0.05, 0) is 15.9 Å². The Morgan fingerprint density at radius 1 is 1.40 bits per heavy atom. The fraction of sp³-hybridized carbons (Fsp3) is 0.333. The smallest absolute Gasteiger partial charge is 0.129 e. The van der Waals surface area contributed by atoms with Crippen LogP contribution in [0.4, 0.5) is 0 Å². The van der Waals surface area contributed by atoms with Crippen LogP contribution in [-0.4, -0.2) is 28.7 Å². The first-order valence-electron chi connectivity index (χ1n) is 3.53. The molecule has 0 aromatic heterocycles. The molecule has 0 saturated heterocycles. The summed E-state index contributed by atoms with van der Waals surface area (Å²) in [6.45, 7) is -0.0998. The lowest BCUT2D eigenvalue weighted by atomic mass is 10.4. The highest BCUT2D eigenvalue weighted by molar-refractivity contribution is 9.12. The van der Waals surface area contributed by atoms with Crippen LogP contribution in [0.5, 0.6) is 0 Å². The van der Waals surface area contributed by atoms with Crippen molar-refractivity contribution in [2.45, 2.75) is 0 Å². The van der Waals surface area contributed by atoms with Gasteiger partial charge in [-0.3, -0.25) is 5.21 Å². The summed E-state index contributed by atoms with van der Waals surface area (Å²) < 4.78 is -0.0852. The Balaban J connectivity index is 5.03. The van der Waals surface area contributed by atoms with E-state index in [4.69, 9.17) is 45.1 Å². The van der Waals surface area contributed by atoms with Gasteiger partial charge in [0.25, 0.3) is 0 Å². The average Bonchev–Trinajstić information content (AvgIpc) is 2.14. The molecule has 15 heavy (non-hydrogen) atoms. The molecule has 0 amide bonds. The summed E-state index contributed by atoms with van der Waals surface area (Å²) in [6.07, 6.45) is 0. The maximum absolute atomic E-state index is 10.7. The minimum Gasteiger partial charge on any atom is -0.733 e. The van der Waals surface area contributed by atoms with Gasteiger partial charge in [0.05, 0.1) is 11.6 Å². The van der Waals surface area contributed by atoms with Crippen molar-refractivity contribution in [3.05, 3.63) is 25.0 Å². The third-order valence-corrected chi connectivity index (χ3v) is 2.76. The molecule has 0 atom stereocenters. The molecule has 0 fully saturated rings. The largest absolute Gasteiger partial charge is 0.733 e. The summed E-state index contributed by atoms with van der Waals surface area (Å²) in [5.74, 6) is 0. The number of nitrogens with zero attached hydrogens (tertiary/aromatic N) is 1. The third kappa shape index (κ3) is 5.26. The van der Waals surface area contributed by atoms with Crippen LogP contribution in [0.25, 0.3) is 0 Å². The van der Waals surface area contributed by atoms with Gasteiger partial charge < -0.3 is 20.9 Å². The van der Waals surface area contributed by atoms with Crippen molar-refractivity contribution in [1.29, 1.82) is 0 Å². The summed E-state index contributed by atoms with van der Waals surface area (Å²) in [5.41, 5.74) is -0.450. The Morgan fingerprint density at radius 3 is 2.27 bits per heavy atom. The maximum atomic E-state index is 10.7. The van der Waals surface area contributed by atoms with Gasteiger partial charge in [-0.1, -0.05) is 34.8 Å². The first kappa shape index (κ1) is 15.3. The van der Waals surface area contributed by atoms with Crippen LogP contribution in [-0.2, 0) is 0 Å². The highest BCUT2D eigenvalue weighted by Crippen LogP contribution is 2.30. The van der Waals surface area contributed by atoms with Crippen LogP contribution in [0.1, 0.15) is 0 Å². The summed E-state index contributed by atoms with van der Waals surface area (Å²) in [6, 6.07) is 0. The molecule has 0 aliphatic heterocycles. The second-order valence-corrected chi connectivity index (χ2v) is 4.54. The standard InChI is InChI=1S/C6H7BrCl3N2O3/c7-5(9)3(8)4(12(14)15)6(10)11-1-2-13/h11,13-14H,1-2H2/q-1/b5-3+,6-4-. The maximum Gasteiger partial charge on any atom is 0.129 e. The minimum atomic E-state index is -0.529. The van der Waals surface area contributed by atoms with Crippen molar-refractivity contribution in [3.8, 4) is 0 Å². The van der Waals surface area contributed by atoms with Crippen molar-refractivity contribution >= 4 is 50.7 Å². The number of hydrogen-bond acceptors (Lipinski definition) is 5. The molecular weight excluding hydrogens is 334 g/mol. The lowest BCUT2D eigenvalue weighted by molar-refractivity contribution is -0.000598. The molecule has 88 valence electrons. The highest BCUT2D eigenvalue weighted by atomic mass is 79.9. The van der Waals surface area contributed by atoms with E-state index in [0.29, 0.717) is 0 Å². The van der Waals surface area contributed by atoms with Gasteiger partial charge in [-0.15, -0.1) is 0 Å². The molecule has 3 N–H and O–H groups in total. The normalized spacial score (nSPS) is 14.3. The quantitative estimate of drug-likeness (QED) is 0.406. The summed E-state index contributed by atoms with van der Waals surface area (Å²) in [5, 5.41) is 29.4. The summed E-state index contributed by atoms with van der Waals surface area (Å²) >= 11 is 19.5. The molecule has 0 bridgehead atoms. The Kier molecular flexibility index (Phi) is 7.72. The predicted octanol–water partition coefficient (Wildman–Crippen LogP) is 2.21. The van der Waals surface area contributed by atoms with E-state index in [2.05, 4.69) is 21.2 Å². The van der Waals surface area contributed by atoms with Crippen LogP contribution in [0.15, 0.2) is 19.8 Å². The van der Waals surface area contributed by atoms with Crippen LogP contribution in [0, 0.1) is 5.21 Å². The predicted molar refractivity (Wildman–Crippen MR) is 62.6 cm³/mol. The fourth-order valence-corrected chi connectivity index (χ4v) is 1.36. The fourth-order valence-electron chi connectivity index (χ4n) is 0.603. The average molecular weight is 341 g/mol. The summed E-state index contributed by atoms with van der Waals surface area (Å²) in [7, 11) is 0. The van der Waals surface area contributed by atoms with Crippen molar-refractivity contribution in [1.82, 2.24) is 10.5 Å². The Morgan fingerprint density at radius 2 is 1.93 bits per heavy atom. The molecule has 0 aliphatic carbocycles. The number of aliphatic hydroxyl groups is 1. The van der Waals surface area contributed by atoms with E-state index < -0.39 is 10.9 Å². The molecular formula is C6H7BrCl3N2O3-. The number of hydroxylamine groups is 2. The molecule has 0 saturated carbocycles. The van der Waals surface area contributed by atoms with Crippen LogP contribution in [0.2, 0.25) is 0 Å². The monoisotopic (exact) mass is 339 g/mol. The number of allylic oxidation sites excluding steroid dienone is 1. The molecule has 0 rings (SSSR count). The Labute approximate surface area is 110 Å². The van der Waals surface area contributed by atoms with Gasteiger partial charge in [-0.2, -0.15) is 0 Å². The molecule has 0 unspecified atom stereocenters. The van der Waals surface area contributed by atoms with Crippen molar-refractivity contribution < 1.29 is 10.3 Å². The molecule has 9 heteroatoms. The zero-order chi connectivity index (χ0) is 12.0. The van der Waals surface area contributed by atoms with Gasteiger partial charge in [0, 0.05) is 6.54 Å². The van der Waals surface area contributed by atoms with E-state index in [0.717, 1.165) is 0 Å². The Bertz CT molecular complexity index is 279. The number of aliphatic hydroxyl groups excluding tert-OH is 1. The molecule has 0 aromatic carbocycles. The molecule has 0 aromatic rings. The SMILES string of the molecule is [O-]N(O)C(/C(Cl)=C(\Cl)Br)=C(/Cl)NCCO. The van der Waals surface area contributed by atoms with E-state index in [9.17, 15) is 5.21 Å². The third-order valence-electron chi connectivity index (χ3n) is 1.17. The van der Waals surface area contributed by atoms with E-state index >= 15 is 0 Å². The van der Waals surface area contributed by atoms with Crippen molar-refractivity contribution in [2.75, 3.05) is 13.2 Å². The van der Waals surface area contributed by atoms with Crippen LogP contribution in [0.3, 0.4) is 0 Å². The molecule has 0 aliphatic rings.